The van der Waals surface area contributed by atoms with Crippen LogP contribution >= 0.6 is 15.9 Å². The highest BCUT2D eigenvalue weighted by molar-refractivity contribution is 9.10. The van der Waals surface area contributed by atoms with Crippen molar-refractivity contribution in [2.24, 2.45) is 5.92 Å². The average Bonchev–Trinajstić information content (AvgIpc) is 3.04. The van der Waals surface area contributed by atoms with Gasteiger partial charge in [0.25, 0.3) is 5.69 Å². The van der Waals surface area contributed by atoms with E-state index in [1.54, 1.807) is 0 Å². The number of nitrogens with zero attached hydrogens (tertiary/aromatic N) is 2. The Morgan fingerprint density at radius 3 is 2.94 bits per heavy atom. The summed E-state index contributed by atoms with van der Waals surface area (Å²) in [6.45, 7) is 0.869. The number of anilines is 1. The third-order valence-electron chi connectivity index (χ3n) is 2.58. The van der Waals surface area contributed by atoms with Crippen LogP contribution in [-0.4, -0.2) is 16.5 Å². The summed E-state index contributed by atoms with van der Waals surface area (Å²) in [4.78, 5) is 14.1. The standard InChI is InChI=1S/C10H12BrN3O2/c11-9-5-8(14(15)16)6-13-10(9)12-4-3-7-1-2-7/h5-7H,1-4H2,(H,12,13). The van der Waals surface area contributed by atoms with E-state index >= 15 is 0 Å². The van der Waals surface area contributed by atoms with Crippen LogP contribution in [-0.2, 0) is 0 Å². The van der Waals surface area contributed by atoms with Gasteiger partial charge in [-0.1, -0.05) is 12.8 Å². The van der Waals surface area contributed by atoms with Crippen molar-refractivity contribution < 1.29 is 4.92 Å². The molecule has 0 aliphatic heterocycles. The molecule has 1 aliphatic rings. The molecule has 5 nitrogen and oxygen atoms in total. The number of hydrogen-bond donors (Lipinski definition) is 1. The Morgan fingerprint density at radius 1 is 1.62 bits per heavy atom. The molecule has 1 aromatic heterocycles. The predicted molar refractivity (Wildman–Crippen MR) is 64.4 cm³/mol. The number of aromatic nitrogens is 1. The molecule has 6 heteroatoms. The van der Waals surface area contributed by atoms with Crippen LogP contribution < -0.4 is 5.32 Å². The smallest absolute Gasteiger partial charge is 0.288 e. The molecule has 1 aliphatic carbocycles. The number of rotatable bonds is 5. The van der Waals surface area contributed by atoms with Crippen LogP contribution in [0.1, 0.15) is 19.3 Å². The molecular formula is C10H12BrN3O2. The van der Waals surface area contributed by atoms with Gasteiger partial charge in [0.1, 0.15) is 12.0 Å². The molecular weight excluding hydrogens is 274 g/mol. The second-order valence-electron chi connectivity index (χ2n) is 3.94. The lowest BCUT2D eigenvalue weighted by Gasteiger charge is -2.06. The van der Waals surface area contributed by atoms with Gasteiger partial charge in [-0.25, -0.2) is 4.98 Å². The molecule has 86 valence electrons. The van der Waals surface area contributed by atoms with Gasteiger partial charge in [-0.2, -0.15) is 0 Å². The zero-order valence-electron chi connectivity index (χ0n) is 8.65. The highest BCUT2D eigenvalue weighted by atomic mass is 79.9. The highest BCUT2D eigenvalue weighted by Gasteiger charge is 2.20. The Morgan fingerprint density at radius 2 is 2.38 bits per heavy atom. The van der Waals surface area contributed by atoms with Crippen LogP contribution in [0.4, 0.5) is 11.5 Å². The molecule has 1 heterocycles. The number of nitrogens with one attached hydrogen (secondary N) is 1. The van der Waals surface area contributed by atoms with Gasteiger partial charge in [0.05, 0.1) is 9.40 Å². The minimum absolute atomic E-state index is 0.000354. The molecule has 1 saturated carbocycles. The van der Waals surface area contributed by atoms with Gasteiger partial charge >= 0.3 is 0 Å². The van der Waals surface area contributed by atoms with E-state index in [-0.39, 0.29) is 5.69 Å². The average molecular weight is 286 g/mol. The highest BCUT2D eigenvalue weighted by Crippen LogP contribution is 2.32. The molecule has 0 atom stereocenters. The number of nitro groups is 1. The van der Waals surface area contributed by atoms with E-state index in [0.717, 1.165) is 18.9 Å². The fourth-order valence-corrected chi connectivity index (χ4v) is 1.94. The molecule has 0 radical (unpaired) electrons. The molecule has 0 bridgehead atoms. The van der Waals surface area contributed by atoms with Crippen LogP contribution in [0, 0.1) is 16.0 Å². The van der Waals surface area contributed by atoms with Gasteiger partial charge in [0.2, 0.25) is 0 Å². The number of hydrogen-bond acceptors (Lipinski definition) is 4. The Labute approximate surface area is 102 Å². The van der Waals surface area contributed by atoms with Gasteiger partial charge in [-0.15, -0.1) is 0 Å². The molecule has 2 rings (SSSR count). The van der Waals surface area contributed by atoms with Gasteiger partial charge in [-0.3, -0.25) is 10.1 Å². The third kappa shape index (κ3) is 2.91. The maximum absolute atomic E-state index is 10.5. The maximum Gasteiger partial charge on any atom is 0.288 e. The molecule has 16 heavy (non-hydrogen) atoms. The largest absolute Gasteiger partial charge is 0.369 e. The molecule has 1 fully saturated rings. The van der Waals surface area contributed by atoms with Crippen LogP contribution in [0.25, 0.3) is 0 Å². The van der Waals surface area contributed by atoms with E-state index in [4.69, 9.17) is 0 Å². The maximum atomic E-state index is 10.5. The lowest BCUT2D eigenvalue weighted by Crippen LogP contribution is -2.05. The van der Waals surface area contributed by atoms with Crippen LogP contribution in [0.2, 0.25) is 0 Å². The van der Waals surface area contributed by atoms with Crippen molar-refractivity contribution in [3.63, 3.8) is 0 Å². The van der Waals surface area contributed by atoms with E-state index in [0.29, 0.717) is 10.3 Å². The molecule has 0 unspecified atom stereocenters. The lowest BCUT2D eigenvalue weighted by atomic mass is 10.3. The molecule has 1 N–H and O–H groups in total. The monoisotopic (exact) mass is 285 g/mol. The summed E-state index contributed by atoms with van der Waals surface area (Å²) >= 11 is 3.27. The van der Waals surface area contributed by atoms with Gasteiger partial charge < -0.3 is 5.32 Å². The number of halogens is 1. The summed E-state index contributed by atoms with van der Waals surface area (Å²) in [5, 5.41) is 13.7. The van der Waals surface area contributed by atoms with Crippen LogP contribution in [0.15, 0.2) is 16.7 Å². The van der Waals surface area contributed by atoms with Gasteiger partial charge in [-0.05, 0) is 28.3 Å². The van der Waals surface area contributed by atoms with Crippen molar-refractivity contribution in [2.75, 3.05) is 11.9 Å². The van der Waals surface area contributed by atoms with E-state index in [1.807, 2.05) is 0 Å². The first kappa shape index (κ1) is 11.3. The Balaban J connectivity index is 1.95. The zero-order valence-corrected chi connectivity index (χ0v) is 10.2. The van der Waals surface area contributed by atoms with E-state index in [1.165, 1.54) is 25.1 Å². The first-order chi connectivity index (χ1) is 7.66. The second-order valence-corrected chi connectivity index (χ2v) is 4.79. The molecule has 0 spiro atoms. The Kier molecular flexibility index (Phi) is 3.38. The Hall–Kier alpha value is -1.17. The lowest BCUT2D eigenvalue weighted by molar-refractivity contribution is -0.385. The number of pyridine rings is 1. The third-order valence-corrected chi connectivity index (χ3v) is 3.18. The van der Waals surface area contributed by atoms with Crippen molar-refractivity contribution in [3.05, 3.63) is 26.9 Å². The van der Waals surface area contributed by atoms with Crippen molar-refractivity contribution in [1.82, 2.24) is 4.98 Å². The first-order valence-electron chi connectivity index (χ1n) is 5.20. The summed E-state index contributed by atoms with van der Waals surface area (Å²) in [7, 11) is 0. The fourth-order valence-electron chi connectivity index (χ4n) is 1.46. The Bertz CT molecular complexity index is 407. The van der Waals surface area contributed by atoms with Crippen LogP contribution in [0.5, 0.6) is 0 Å². The van der Waals surface area contributed by atoms with E-state index in [9.17, 15) is 10.1 Å². The molecule has 0 aromatic carbocycles. The first-order valence-corrected chi connectivity index (χ1v) is 6.00. The quantitative estimate of drug-likeness (QED) is 0.667. The van der Waals surface area contributed by atoms with Gasteiger partial charge in [0, 0.05) is 12.6 Å². The topological polar surface area (TPSA) is 68.1 Å². The van der Waals surface area contributed by atoms with Crippen molar-refractivity contribution in [3.8, 4) is 0 Å². The second kappa shape index (κ2) is 4.78. The van der Waals surface area contributed by atoms with E-state index < -0.39 is 4.92 Å². The summed E-state index contributed by atoms with van der Waals surface area (Å²) in [6.07, 6.45) is 5.07. The van der Waals surface area contributed by atoms with Crippen molar-refractivity contribution >= 4 is 27.4 Å². The molecule has 0 amide bonds. The summed E-state index contributed by atoms with van der Waals surface area (Å²) in [6, 6.07) is 1.46. The van der Waals surface area contributed by atoms with Crippen molar-refractivity contribution in [1.29, 1.82) is 0 Å². The van der Waals surface area contributed by atoms with Crippen molar-refractivity contribution in [2.45, 2.75) is 19.3 Å². The SMILES string of the molecule is O=[N+]([O-])c1cnc(NCCC2CC2)c(Br)c1. The zero-order chi connectivity index (χ0) is 11.5. The fraction of sp³-hybridized carbons (Fsp3) is 0.500. The minimum Gasteiger partial charge on any atom is -0.369 e. The summed E-state index contributed by atoms with van der Waals surface area (Å²) in [5.41, 5.74) is -0.000354. The van der Waals surface area contributed by atoms with Gasteiger partial charge in [0.15, 0.2) is 0 Å². The molecule has 0 saturated heterocycles. The summed E-state index contributed by atoms with van der Waals surface area (Å²) in [5.74, 6) is 1.54. The predicted octanol–water partition coefficient (Wildman–Crippen LogP) is 2.96. The molecule has 1 aromatic rings. The normalized spacial score (nSPS) is 14.8. The van der Waals surface area contributed by atoms with E-state index in [2.05, 4.69) is 26.2 Å². The van der Waals surface area contributed by atoms with Crippen LogP contribution in [0.3, 0.4) is 0 Å². The summed E-state index contributed by atoms with van der Waals surface area (Å²) < 4.78 is 0.637. The minimum atomic E-state index is -0.453.